The average molecular weight is 279 g/mol. The number of hydrogen-bond donors (Lipinski definition) is 0. The van der Waals surface area contributed by atoms with Crippen LogP contribution in [-0.2, 0) is 5.91 Å². The lowest BCUT2D eigenvalue weighted by Gasteiger charge is -2.35. The molecule has 0 radical (unpaired) electrons. The molecule has 0 aromatic carbocycles. The quantitative estimate of drug-likeness (QED) is 0.565. The lowest BCUT2D eigenvalue weighted by molar-refractivity contribution is 0.0778. The molecule has 0 saturated carbocycles. The third-order valence-corrected chi connectivity index (χ3v) is 3.39. The predicted octanol–water partition coefficient (Wildman–Crippen LogP) is 1.29. The summed E-state index contributed by atoms with van der Waals surface area (Å²) in [5.74, 6) is -0.875. The van der Waals surface area contributed by atoms with Gasteiger partial charge in [0.15, 0.2) is 0 Å². The van der Waals surface area contributed by atoms with E-state index < -0.39 is 5.91 Å². The van der Waals surface area contributed by atoms with Crippen molar-refractivity contribution in [1.82, 2.24) is 33.9 Å². The van der Waals surface area contributed by atoms with Crippen LogP contribution in [0.15, 0.2) is 79.9 Å². The normalized spacial score (nSPS) is 11.8. The molecule has 4 heterocycles. The third kappa shape index (κ3) is 1.57. The Morgan fingerprint density at radius 2 is 0.952 bits per heavy atom. The van der Waals surface area contributed by atoms with Gasteiger partial charge >= 0.3 is 5.91 Å². The molecule has 0 bridgehead atoms. The minimum atomic E-state index is -0.875. The average Bonchev–Trinajstić information content (AvgIpc) is 3.32. The number of nitrogens with zero attached hydrogens (tertiary/aromatic N) is 7. The second kappa shape index (κ2) is 4.48. The van der Waals surface area contributed by atoms with Gasteiger partial charge in [-0.2, -0.15) is 15.3 Å². The maximum atomic E-state index is 4.43. The lowest BCUT2D eigenvalue weighted by atomic mass is 10.5. The Morgan fingerprint density at radius 1 is 0.524 bits per heavy atom. The Labute approximate surface area is 120 Å². The Hall–Kier alpha value is -3.09. The Bertz CT molecular complexity index is 637. The van der Waals surface area contributed by atoms with Crippen molar-refractivity contribution in [2.45, 2.75) is 5.91 Å². The van der Waals surface area contributed by atoms with Crippen LogP contribution in [0.5, 0.6) is 0 Å². The van der Waals surface area contributed by atoms with E-state index in [4.69, 9.17) is 0 Å². The zero-order valence-electron chi connectivity index (χ0n) is 11.1. The largest absolute Gasteiger partial charge is 0.338 e. The van der Waals surface area contributed by atoms with Crippen molar-refractivity contribution >= 4 is 0 Å². The maximum absolute atomic E-state index is 4.43. The number of hydrogen-bond acceptors (Lipinski definition) is 3. The van der Waals surface area contributed by atoms with Crippen molar-refractivity contribution in [3.8, 4) is 0 Å². The van der Waals surface area contributed by atoms with Gasteiger partial charge in [-0.3, -0.25) is 4.57 Å². The van der Waals surface area contributed by atoms with E-state index in [1.807, 2.05) is 79.9 Å². The van der Waals surface area contributed by atoms with E-state index in [0.29, 0.717) is 0 Å². The van der Waals surface area contributed by atoms with Crippen LogP contribution >= 0.6 is 0 Å². The molecule has 0 aliphatic heterocycles. The molecule has 0 amide bonds. The Kier molecular flexibility index (Phi) is 2.50. The molecular weight excluding hydrogens is 266 g/mol. The molecule has 0 unspecified atom stereocenters. The zero-order chi connectivity index (χ0) is 14.1. The van der Waals surface area contributed by atoms with Gasteiger partial charge in [0.1, 0.15) is 0 Å². The molecule has 0 saturated heterocycles. The highest BCUT2D eigenvalue weighted by molar-refractivity contribution is 5.03. The van der Waals surface area contributed by atoms with Crippen LogP contribution in [-0.4, -0.2) is 33.9 Å². The fourth-order valence-corrected chi connectivity index (χ4v) is 2.54. The highest BCUT2D eigenvalue weighted by Crippen LogP contribution is 2.22. The topological polar surface area (TPSA) is 58.4 Å². The Balaban J connectivity index is 2.10. The highest BCUT2D eigenvalue weighted by Gasteiger charge is 2.40. The van der Waals surface area contributed by atoms with Gasteiger partial charge in [0.2, 0.25) is 0 Å². The van der Waals surface area contributed by atoms with Crippen molar-refractivity contribution in [3.63, 3.8) is 0 Å². The molecule has 7 nitrogen and oxygen atoms in total. The first kappa shape index (κ1) is 11.7. The molecule has 0 atom stereocenters. The molecular formula is C14H13N7. The van der Waals surface area contributed by atoms with Gasteiger partial charge in [-0.1, -0.05) is 0 Å². The van der Waals surface area contributed by atoms with Crippen molar-refractivity contribution in [2.75, 3.05) is 0 Å². The highest BCUT2D eigenvalue weighted by atomic mass is 15.7. The van der Waals surface area contributed by atoms with Crippen LogP contribution < -0.4 is 0 Å². The summed E-state index contributed by atoms with van der Waals surface area (Å²) in [4.78, 5) is 0. The summed E-state index contributed by atoms with van der Waals surface area (Å²) < 4.78 is 7.44. The van der Waals surface area contributed by atoms with E-state index in [9.17, 15) is 0 Å². The third-order valence-electron chi connectivity index (χ3n) is 3.39. The monoisotopic (exact) mass is 279 g/mol. The summed E-state index contributed by atoms with van der Waals surface area (Å²) in [5, 5.41) is 13.3. The van der Waals surface area contributed by atoms with Gasteiger partial charge < -0.3 is 0 Å². The second-order valence-electron chi connectivity index (χ2n) is 4.54. The van der Waals surface area contributed by atoms with Gasteiger partial charge in [-0.05, 0) is 30.3 Å². The van der Waals surface area contributed by atoms with Gasteiger partial charge in [-0.15, -0.1) is 0 Å². The van der Waals surface area contributed by atoms with Crippen LogP contribution in [0.4, 0.5) is 0 Å². The second-order valence-corrected chi connectivity index (χ2v) is 4.54. The van der Waals surface area contributed by atoms with Crippen LogP contribution in [0.2, 0.25) is 0 Å². The predicted molar refractivity (Wildman–Crippen MR) is 75.3 cm³/mol. The molecule has 104 valence electrons. The molecule has 0 N–H and O–H groups in total. The van der Waals surface area contributed by atoms with E-state index in [2.05, 4.69) is 15.3 Å². The van der Waals surface area contributed by atoms with Crippen molar-refractivity contribution in [2.24, 2.45) is 0 Å². The fourth-order valence-electron chi connectivity index (χ4n) is 2.54. The van der Waals surface area contributed by atoms with Crippen molar-refractivity contribution < 1.29 is 0 Å². The lowest BCUT2D eigenvalue weighted by Crippen LogP contribution is -2.54. The molecule has 4 rings (SSSR count). The molecule has 0 spiro atoms. The van der Waals surface area contributed by atoms with Gasteiger partial charge in [-0.25, -0.2) is 14.0 Å². The summed E-state index contributed by atoms with van der Waals surface area (Å²) in [5.41, 5.74) is 0. The van der Waals surface area contributed by atoms with E-state index in [0.717, 1.165) is 0 Å². The summed E-state index contributed by atoms with van der Waals surface area (Å²) in [6.07, 6.45) is 14.8. The molecule has 0 aliphatic rings. The van der Waals surface area contributed by atoms with Crippen LogP contribution in [0.1, 0.15) is 0 Å². The fraction of sp³-hybridized carbons (Fsp3) is 0.0714. The zero-order valence-corrected chi connectivity index (χ0v) is 11.1. The van der Waals surface area contributed by atoms with Gasteiger partial charge in [0.25, 0.3) is 0 Å². The molecule has 21 heavy (non-hydrogen) atoms. The first-order valence-corrected chi connectivity index (χ1v) is 6.56. The Morgan fingerprint density at radius 3 is 1.29 bits per heavy atom. The maximum Gasteiger partial charge on any atom is 0.338 e. The minimum absolute atomic E-state index is 0.875. The summed E-state index contributed by atoms with van der Waals surface area (Å²) in [7, 11) is 0. The van der Waals surface area contributed by atoms with Crippen molar-refractivity contribution in [1.29, 1.82) is 0 Å². The standard InChI is InChI=1S/C14H13N7/c1-2-10-18(9-1)14(19-11-3-6-15-19,20-12-4-7-16-20)21-13-5-8-17-21/h1-13H. The van der Waals surface area contributed by atoms with Crippen LogP contribution in [0.3, 0.4) is 0 Å². The van der Waals surface area contributed by atoms with E-state index in [-0.39, 0.29) is 0 Å². The van der Waals surface area contributed by atoms with E-state index in [1.165, 1.54) is 0 Å². The number of rotatable bonds is 4. The molecule has 0 aliphatic carbocycles. The smallest absolute Gasteiger partial charge is 0.292 e. The molecule has 4 aromatic rings. The first-order chi connectivity index (χ1) is 10.4. The van der Waals surface area contributed by atoms with E-state index >= 15 is 0 Å². The van der Waals surface area contributed by atoms with Gasteiger partial charge in [0.05, 0.1) is 0 Å². The van der Waals surface area contributed by atoms with Crippen LogP contribution in [0.25, 0.3) is 0 Å². The first-order valence-electron chi connectivity index (χ1n) is 6.56. The van der Waals surface area contributed by atoms with Crippen molar-refractivity contribution in [3.05, 3.63) is 79.9 Å². The SMILES string of the molecule is c1ccn(C(n2cccn2)(n2cccn2)n2cccn2)c1. The molecule has 7 heteroatoms. The summed E-state index contributed by atoms with van der Waals surface area (Å²) >= 11 is 0. The molecule has 4 aromatic heterocycles. The van der Waals surface area contributed by atoms with Gasteiger partial charge in [0, 0.05) is 49.6 Å². The minimum Gasteiger partial charge on any atom is -0.292 e. The summed E-state index contributed by atoms with van der Waals surface area (Å²) in [6, 6.07) is 9.57. The van der Waals surface area contributed by atoms with E-state index in [1.54, 1.807) is 18.6 Å². The number of aromatic nitrogens is 7. The summed E-state index contributed by atoms with van der Waals surface area (Å²) in [6.45, 7) is 0. The molecule has 0 fully saturated rings. The van der Waals surface area contributed by atoms with Crippen LogP contribution in [0, 0.1) is 0 Å².